The molecule has 2 aromatic rings. The summed E-state index contributed by atoms with van der Waals surface area (Å²) in [4.78, 5) is 48.6. The number of aromatic nitrogens is 1. The number of thiazole rings is 1. The van der Waals surface area contributed by atoms with E-state index < -0.39 is 46.0 Å². The van der Waals surface area contributed by atoms with Gasteiger partial charge in [0.05, 0.1) is 11.6 Å². The van der Waals surface area contributed by atoms with Crippen molar-refractivity contribution in [1.82, 2.24) is 15.4 Å². The molecule has 3 aliphatic rings. The summed E-state index contributed by atoms with van der Waals surface area (Å²) in [5, 5.41) is 15.6. The molecule has 5 rings (SSSR count). The average Bonchev–Trinajstić information content (AvgIpc) is 3.42. The molecule has 1 aromatic heterocycles. The number of hydrogen-bond acceptors (Lipinski definition) is 14. The van der Waals surface area contributed by atoms with Crippen LogP contribution < -0.4 is 27.3 Å². The van der Waals surface area contributed by atoms with Crippen LogP contribution in [0.2, 0.25) is 0 Å². The molecule has 18 nitrogen and oxygen atoms in total. The van der Waals surface area contributed by atoms with Crippen molar-refractivity contribution < 1.29 is 46.3 Å². The van der Waals surface area contributed by atoms with Gasteiger partial charge < -0.3 is 37.2 Å². The number of amides is 2. The summed E-state index contributed by atoms with van der Waals surface area (Å²) in [5.74, 6) is -0.580. The van der Waals surface area contributed by atoms with Gasteiger partial charge in [-0.15, -0.1) is 15.6 Å². The monoisotopic (exact) mass is 696 g/mol. The first-order valence-corrected chi connectivity index (χ1v) is 16.5. The Bertz CT molecular complexity index is 1670. The summed E-state index contributed by atoms with van der Waals surface area (Å²) in [7, 11) is -4.96. The highest BCUT2D eigenvalue weighted by Crippen LogP contribution is 2.33. The Labute approximate surface area is 273 Å². The first kappa shape index (κ1) is 35.5. The molecule has 3 heterocycles. The Morgan fingerprint density at radius 2 is 2.02 bits per heavy atom. The predicted octanol–water partition coefficient (Wildman–Crippen LogP) is -0.0359. The summed E-state index contributed by atoms with van der Waals surface area (Å²) in [6, 6.07) is 4.79. The number of anilines is 1. The number of hydrogen-bond donors (Lipinski definition) is 6. The van der Waals surface area contributed by atoms with Gasteiger partial charge in [-0.25, -0.2) is 4.98 Å². The third kappa shape index (κ3) is 8.32. The lowest BCUT2D eigenvalue weighted by Crippen LogP contribution is -2.76. The van der Waals surface area contributed by atoms with Crippen LogP contribution in [0.15, 0.2) is 33.7 Å². The number of aliphatic imine (C=N–C) groups is 1. The molecule has 3 unspecified atom stereocenters. The Balaban J connectivity index is 0.00000160. The van der Waals surface area contributed by atoms with Gasteiger partial charge in [0.2, 0.25) is 0 Å². The van der Waals surface area contributed by atoms with Crippen molar-refractivity contribution in [3.8, 4) is 5.75 Å². The minimum absolute atomic E-state index is 0.110. The predicted molar refractivity (Wildman–Crippen MR) is 169 cm³/mol. The van der Waals surface area contributed by atoms with Gasteiger partial charge in [0.1, 0.15) is 29.4 Å². The van der Waals surface area contributed by atoms with Gasteiger partial charge in [0.25, 0.3) is 18.3 Å². The zero-order chi connectivity index (χ0) is 34.7. The molecule has 2 amide bonds. The smallest absolute Gasteiger partial charge is 0.418 e. The molecule has 1 aromatic carbocycles. The number of aryl methyl sites for hydroxylation is 1. The number of carboxylic acid groups (broad SMARTS) is 1. The zero-order valence-corrected chi connectivity index (χ0v) is 27.2. The minimum atomic E-state index is -4.96. The third-order valence-electron chi connectivity index (χ3n) is 7.74. The van der Waals surface area contributed by atoms with Crippen LogP contribution in [-0.2, 0) is 40.3 Å². The fourth-order valence-electron chi connectivity index (χ4n) is 5.13. The number of amidine groups is 1. The molecule has 2 aliphatic heterocycles. The van der Waals surface area contributed by atoms with Gasteiger partial charge in [0.15, 0.2) is 16.9 Å². The highest BCUT2D eigenvalue weighted by molar-refractivity contribution is 7.80. The number of nitrogens with zero attached hydrogens (tertiary/aromatic N) is 4. The highest BCUT2D eigenvalue weighted by Gasteiger charge is 2.58. The van der Waals surface area contributed by atoms with Crippen LogP contribution in [0.1, 0.15) is 56.9 Å². The van der Waals surface area contributed by atoms with E-state index in [-0.39, 0.29) is 35.1 Å². The Kier molecular flexibility index (Phi) is 10.7. The van der Waals surface area contributed by atoms with E-state index >= 15 is 0 Å². The molecule has 47 heavy (non-hydrogen) atoms. The number of nitrogens with one attached hydrogen (secondary N) is 1. The minimum Gasteiger partial charge on any atom is -0.486 e. The van der Waals surface area contributed by atoms with Crippen molar-refractivity contribution in [1.29, 1.82) is 0 Å². The molecule has 3 atom stereocenters. The van der Waals surface area contributed by atoms with Gasteiger partial charge in [0, 0.05) is 17.0 Å². The highest BCUT2D eigenvalue weighted by atomic mass is 32.3. The Morgan fingerprint density at radius 1 is 1.34 bits per heavy atom. The molecule has 0 spiro atoms. The number of nitrogens with two attached hydrogens (primary N) is 3. The maximum Gasteiger partial charge on any atom is 0.418 e. The lowest BCUT2D eigenvalue weighted by atomic mass is 9.84. The van der Waals surface area contributed by atoms with E-state index in [1.165, 1.54) is 19.2 Å². The van der Waals surface area contributed by atoms with E-state index in [9.17, 15) is 18.0 Å². The molecule has 0 radical (unpaired) electrons. The lowest BCUT2D eigenvalue weighted by molar-refractivity contribution is -0.218. The van der Waals surface area contributed by atoms with Crippen molar-refractivity contribution in [2.24, 2.45) is 21.6 Å². The molecule has 2 fully saturated rings. The molecule has 0 bridgehead atoms. The summed E-state index contributed by atoms with van der Waals surface area (Å²) in [6.45, 7) is 4.37. The molecule has 9 N–H and O–H groups in total. The van der Waals surface area contributed by atoms with E-state index in [0.717, 1.165) is 35.3 Å². The molecular weight excluding hydrogens is 660 g/mol. The van der Waals surface area contributed by atoms with Crippen LogP contribution in [0, 0.1) is 0 Å². The second kappa shape index (κ2) is 14.2. The molecular formula is C27H36N8O10S2. The van der Waals surface area contributed by atoms with Gasteiger partial charge >= 0.3 is 10.4 Å². The number of oxime groups is 1. The maximum absolute atomic E-state index is 13.3. The lowest BCUT2D eigenvalue weighted by Gasteiger charge is -2.50. The SMILES string of the molecule is CC(O/N=C(\C(=O)NC1C(=O)N(OS(=O)(=O)O)C1(C)C)c1csc(N)n1)C1CCc2cc(C(N)=NC3CC(N)C3)ccc2O1.O=CO. The number of carbonyl (C=O) groups is 3. The number of nitrogen functional groups attached to an aromatic ring is 1. The first-order valence-electron chi connectivity index (χ1n) is 14.3. The number of rotatable bonds is 10. The number of benzene rings is 1. The topological polar surface area (TPSA) is 284 Å². The molecule has 1 saturated carbocycles. The maximum atomic E-state index is 13.3. The Morgan fingerprint density at radius 3 is 2.60 bits per heavy atom. The van der Waals surface area contributed by atoms with E-state index in [1.54, 1.807) is 6.92 Å². The fraction of sp³-hybridized carbons (Fsp3) is 0.481. The van der Waals surface area contributed by atoms with Crippen molar-refractivity contribution in [2.45, 2.75) is 82.3 Å². The van der Waals surface area contributed by atoms with E-state index in [0.29, 0.717) is 29.5 Å². The van der Waals surface area contributed by atoms with Gasteiger partial charge in [-0.05, 0) is 70.2 Å². The van der Waals surface area contributed by atoms with Crippen LogP contribution >= 0.6 is 11.3 Å². The van der Waals surface area contributed by atoms with Gasteiger partial charge in [-0.3, -0.25) is 23.9 Å². The Hall–Kier alpha value is -4.37. The largest absolute Gasteiger partial charge is 0.486 e. The molecule has 256 valence electrons. The molecule has 1 aliphatic carbocycles. The summed E-state index contributed by atoms with van der Waals surface area (Å²) in [6.07, 6.45) is 1.94. The first-order chi connectivity index (χ1) is 22.0. The quantitative estimate of drug-likeness (QED) is 0.0475. The second-order valence-corrected chi connectivity index (χ2v) is 13.4. The normalized spacial score (nSPS) is 24.3. The van der Waals surface area contributed by atoms with Crippen molar-refractivity contribution in [3.63, 3.8) is 0 Å². The zero-order valence-electron chi connectivity index (χ0n) is 25.6. The van der Waals surface area contributed by atoms with Gasteiger partial charge in [-0.2, -0.15) is 13.5 Å². The second-order valence-electron chi connectivity index (χ2n) is 11.5. The van der Waals surface area contributed by atoms with Crippen molar-refractivity contribution in [2.75, 3.05) is 5.73 Å². The average molecular weight is 697 g/mol. The number of ether oxygens (including phenoxy) is 1. The number of carbonyl (C=O) groups excluding carboxylic acids is 2. The number of β-lactam (4-membered cyclic amide) rings is 1. The van der Waals surface area contributed by atoms with E-state index in [1.807, 2.05) is 18.2 Å². The number of hydroxylamine groups is 2. The van der Waals surface area contributed by atoms with Gasteiger partial charge in [-0.1, -0.05) is 5.16 Å². The van der Waals surface area contributed by atoms with Crippen LogP contribution in [-0.4, -0.2) is 93.8 Å². The van der Waals surface area contributed by atoms with E-state index in [4.69, 9.17) is 41.2 Å². The summed E-state index contributed by atoms with van der Waals surface area (Å²) >= 11 is 1.07. The fourth-order valence-corrected chi connectivity index (χ4v) is 6.13. The standard InChI is InChI=1S/C26H34N8O8S2.CH2O2/c1-12(18-6-4-13-8-14(5-7-19(13)40-18)22(28)30-16-9-15(27)10-16)41-33-20(17-11-43-25(29)31-17)23(35)32-21-24(36)34(26(21,2)3)42-44(37,38)39;2-1-3/h5,7-8,11-12,15-16,18,21H,4,6,9-10,27H2,1-3H3,(H2,28,30)(H2,29,31)(H,32,35)(H,37,38,39);1H,(H,2,3)/b33-20-;. The summed E-state index contributed by atoms with van der Waals surface area (Å²) in [5.41, 5.74) is 18.2. The van der Waals surface area contributed by atoms with Crippen molar-refractivity contribution in [3.05, 3.63) is 40.4 Å². The van der Waals surface area contributed by atoms with Crippen LogP contribution in [0.25, 0.3) is 0 Å². The molecule has 20 heteroatoms. The van der Waals surface area contributed by atoms with E-state index in [2.05, 4.69) is 24.7 Å². The third-order valence-corrected chi connectivity index (χ3v) is 8.75. The van der Waals surface area contributed by atoms with Crippen LogP contribution in [0.4, 0.5) is 5.13 Å². The van der Waals surface area contributed by atoms with Crippen LogP contribution in [0.5, 0.6) is 5.75 Å². The van der Waals surface area contributed by atoms with Crippen LogP contribution in [0.3, 0.4) is 0 Å². The summed E-state index contributed by atoms with van der Waals surface area (Å²) < 4.78 is 41.7. The number of fused-ring (bicyclic) bond motifs is 1. The molecule has 1 saturated heterocycles. The van der Waals surface area contributed by atoms with Crippen molar-refractivity contribution >= 4 is 56.7 Å².